The molecule has 0 spiro atoms. The van der Waals surface area contributed by atoms with E-state index in [4.69, 9.17) is 4.42 Å². The SMILES string of the molecule is CCn1ccnc1C(NC)c1cc(C)oc1C. The van der Waals surface area contributed by atoms with E-state index in [1.54, 1.807) is 0 Å². The highest BCUT2D eigenvalue weighted by molar-refractivity contribution is 5.29. The van der Waals surface area contributed by atoms with Crippen LogP contribution in [-0.2, 0) is 6.54 Å². The minimum Gasteiger partial charge on any atom is -0.466 e. The molecule has 4 nitrogen and oxygen atoms in total. The van der Waals surface area contributed by atoms with Crippen molar-refractivity contribution in [1.29, 1.82) is 0 Å². The van der Waals surface area contributed by atoms with Crippen LogP contribution in [0.1, 0.15) is 35.9 Å². The van der Waals surface area contributed by atoms with Crippen LogP contribution in [0.4, 0.5) is 0 Å². The Morgan fingerprint density at radius 3 is 2.76 bits per heavy atom. The Labute approximate surface area is 102 Å². The maximum absolute atomic E-state index is 5.59. The van der Waals surface area contributed by atoms with Gasteiger partial charge >= 0.3 is 0 Å². The molecule has 17 heavy (non-hydrogen) atoms. The van der Waals surface area contributed by atoms with Crippen LogP contribution < -0.4 is 5.32 Å². The minimum atomic E-state index is 0.0856. The summed E-state index contributed by atoms with van der Waals surface area (Å²) in [7, 11) is 1.95. The van der Waals surface area contributed by atoms with Gasteiger partial charge in [-0.3, -0.25) is 0 Å². The second kappa shape index (κ2) is 4.75. The van der Waals surface area contributed by atoms with Gasteiger partial charge in [0.15, 0.2) is 0 Å². The summed E-state index contributed by atoms with van der Waals surface area (Å²) in [6.45, 7) is 7.00. The predicted molar refractivity (Wildman–Crippen MR) is 67.0 cm³/mol. The highest BCUT2D eigenvalue weighted by atomic mass is 16.3. The largest absolute Gasteiger partial charge is 0.466 e. The Hall–Kier alpha value is -1.55. The lowest BCUT2D eigenvalue weighted by molar-refractivity contribution is 0.493. The Morgan fingerprint density at radius 1 is 1.47 bits per heavy atom. The second-order valence-corrected chi connectivity index (χ2v) is 4.16. The molecule has 0 saturated carbocycles. The van der Waals surface area contributed by atoms with Gasteiger partial charge in [-0.05, 0) is 33.9 Å². The van der Waals surface area contributed by atoms with E-state index in [1.807, 2.05) is 33.3 Å². The number of nitrogens with one attached hydrogen (secondary N) is 1. The predicted octanol–water partition coefficient (Wildman–Crippen LogP) is 2.42. The average molecular weight is 233 g/mol. The third kappa shape index (κ3) is 2.13. The van der Waals surface area contributed by atoms with Gasteiger partial charge in [0.25, 0.3) is 0 Å². The van der Waals surface area contributed by atoms with Gasteiger partial charge in [-0.1, -0.05) is 0 Å². The Bertz CT molecular complexity index is 498. The third-order valence-electron chi connectivity index (χ3n) is 3.03. The summed E-state index contributed by atoms with van der Waals surface area (Å²) in [5.41, 5.74) is 1.16. The lowest BCUT2D eigenvalue weighted by atomic mass is 10.1. The maximum Gasteiger partial charge on any atom is 0.130 e. The van der Waals surface area contributed by atoms with Crippen LogP contribution in [0.3, 0.4) is 0 Å². The molecule has 2 heterocycles. The fraction of sp³-hybridized carbons (Fsp3) is 0.462. The van der Waals surface area contributed by atoms with Gasteiger partial charge in [-0.15, -0.1) is 0 Å². The molecule has 0 aliphatic rings. The molecule has 1 unspecified atom stereocenters. The van der Waals surface area contributed by atoms with Gasteiger partial charge in [0.2, 0.25) is 0 Å². The van der Waals surface area contributed by atoms with E-state index in [0.717, 1.165) is 29.5 Å². The number of imidazole rings is 1. The molecule has 1 N–H and O–H groups in total. The van der Waals surface area contributed by atoms with Gasteiger partial charge in [0, 0.05) is 24.5 Å². The van der Waals surface area contributed by atoms with Crippen LogP contribution in [0, 0.1) is 13.8 Å². The lowest BCUT2D eigenvalue weighted by Crippen LogP contribution is -2.22. The van der Waals surface area contributed by atoms with E-state index in [2.05, 4.69) is 27.9 Å². The molecule has 0 aliphatic heterocycles. The van der Waals surface area contributed by atoms with Crippen LogP contribution in [0.15, 0.2) is 22.9 Å². The Morgan fingerprint density at radius 2 is 2.24 bits per heavy atom. The first-order chi connectivity index (χ1) is 8.17. The van der Waals surface area contributed by atoms with Crippen molar-refractivity contribution < 1.29 is 4.42 Å². The van der Waals surface area contributed by atoms with Gasteiger partial charge in [-0.25, -0.2) is 4.98 Å². The minimum absolute atomic E-state index is 0.0856. The molecule has 2 aromatic heterocycles. The van der Waals surface area contributed by atoms with Crippen molar-refractivity contribution >= 4 is 0 Å². The average Bonchev–Trinajstić information content (AvgIpc) is 2.88. The Kier molecular flexibility index (Phi) is 3.33. The van der Waals surface area contributed by atoms with E-state index >= 15 is 0 Å². The van der Waals surface area contributed by atoms with E-state index < -0.39 is 0 Å². The van der Waals surface area contributed by atoms with Crippen LogP contribution in [0.25, 0.3) is 0 Å². The van der Waals surface area contributed by atoms with Crippen molar-refractivity contribution in [2.24, 2.45) is 0 Å². The molecule has 0 bridgehead atoms. The van der Waals surface area contributed by atoms with Crippen LogP contribution >= 0.6 is 0 Å². The summed E-state index contributed by atoms with van der Waals surface area (Å²) in [5.74, 6) is 2.92. The highest BCUT2D eigenvalue weighted by Crippen LogP contribution is 2.26. The summed E-state index contributed by atoms with van der Waals surface area (Å²) in [6, 6.07) is 2.16. The van der Waals surface area contributed by atoms with Crippen LogP contribution in [0.2, 0.25) is 0 Å². The molecule has 0 radical (unpaired) electrons. The van der Waals surface area contributed by atoms with Gasteiger partial charge in [0.05, 0.1) is 6.04 Å². The molecule has 2 aromatic rings. The summed E-state index contributed by atoms with van der Waals surface area (Å²) in [6.07, 6.45) is 3.84. The van der Waals surface area contributed by atoms with Gasteiger partial charge < -0.3 is 14.3 Å². The molecular formula is C13H19N3O. The topological polar surface area (TPSA) is 43.0 Å². The van der Waals surface area contributed by atoms with Crippen molar-refractivity contribution in [3.05, 3.63) is 41.4 Å². The third-order valence-corrected chi connectivity index (χ3v) is 3.03. The second-order valence-electron chi connectivity index (χ2n) is 4.16. The number of aryl methyl sites for hydroxylation is 3. The van der Waals surface area contributed by atoms with Gasteiger partial charge in [-0.2, -0.15) is 0 Å². The molecule has 0 saturated heterocycles. The Balaban J connectivity index is 2.43. The monoisotopic (exact) mass is 233 g/mol. The molecule has 0 aromatic carbocycles. The quantitative estimate of drug-likeness (QED) is 0.882. The summed E-state index contributed by atoms with van der Waals surface area (Å²) in [5, 5.41) is 3.31. The van der Waals surface area contributed by atoms with E-state index in [9.17, 15) is 0 Å². The summed E-state index contributed by atoms with van der Waals surface area (Å²) in [4.78, 5) is 4.44. The fourth-order valence-electron chi connectivity index (χ4n) is 2.21. The molecule has 0 aliphatic carbocycles. The normalized spacial score (nSPS) is 12.9. The maximum atomic E-state index is 5.59. The zero-order chi connectivity index (χ0) is 12.4. The van der Waals surface area contributed by atoms with Crippen molar-refractivity contribution in [3.63, 3.8) is 0 Å². The first kappa shape index (κ1) is 11.9. The first-order valence-corrected chi connectivity index (χ1v) is 5.92. The number of hydrogen-bond acceptors (Lipinski definition) is 3. The molecular weight excluding hydrogens is 214 g/mol. The molecule has 2 rings (SSSR count). The standard InChI is InChI=1S/C13H19N3O/c1-5-16-7-6-15-13(16)12(14-4)11-8-9(2)17-10(11)3/h6-8,12,14H,5H2,1-4H3. The van der Waals surface area contributed by atoms with E-state index in [-0.39, 0.29) is 6.04 Å². The van der Waals surface area contributed by atoms with Gasteiger partial charge in [0.1, 0.15) is 17.3 Å². The zero-order valence-corrected chi connectivity index (χ0v) is 10.8. The van der Waals surface area contributed by atoms with Crippen molar-refractivity contribution in [3.8, 4) is 0 Å². The zero-order valence-electron chi connectivity index (χ0n) is 10.8. The van der Waals surface area contributed by atoms with Crippen molar-refractivity contribution in [1.82, 2.24) is 14.9 Å². The van der Waals surface area contributed by atoms with Crippen molar-refractivity contribution in [2.45, 2.75) is 33.4 Å². The molecule has 92 valence electrons. The molecule has 0 amide bonds. The summed E-state index contributed by atoms with van der Waals surface area (Å²) < 4.78 is 7.73. The number of nitrogens with zero attached hydrogens (tertiary/aromatic N) is 2. The smallest absolute Gasteiger partial charge is 0.130 e. The van der Waals surface area contributed by atoms with Crippen LogP contribution in [-0.4, -0.2) is 16.6 Å². The first-order valence-electron chi connectivity index (χ1n) is 5.92. The number of hydrogen-bond donors (Lipinski definition) is 1. The fourth-order valence-corrected chi connectivity index (χ4v) is 2.21. The van der Waals surface area contributed by atoms with E-state index in [0.29, 0.717) is 0 Å². The molecule has 4 heteroatoms. The molecule has 0 fully saturated rings. The molecule has 1 atom stereocenters. The number of rotatable bonds is 4. The van der Waals surface area contributed by atoms with Crippen molar-refractivity contribution in [2.75, 3.05) is 7.05 Å². The number of furan rings is 1. The number of aromatic nitrogens is 2. The lowest BCUT2D eigenvalue weighted by Gasteiger charge is -2.16. The van der Waals surface area contributed by atoms with E-state index in [1.165, 1.54) is 0 Å². The van der Waals surface area contributed by atoms with Crippen LogP contribution in [0.5, 0.6) is 0 Å². The summed E-state index contributed by atoms with van der Waals surface area (Å²) >= 11 is 0. The highest BCUT2D eigenvalue weighted by Gasteiger charge is 2.21.